The number of carbonyl (C=O) groups is 1. The first-order valence-corrected chi connectivity index (χ1v) is 4.73. The summed E-state index contributed by atoms with van der Waals surface area (Å²) in [6.45, 7) is 6.38. The van der Waals surface area contributed by atoms with Crippen molar-refractivity contribution in [3.05, 3.63) is 15.9 Å². The van der Waals surface area contributed by atoms with Gasteiger partial charge in [-0.2, -0.15) is 4.99 Å². The maximum absolute atomic E-state index is 10.7. The Morgan fingerprint density at radius 3 is 2.92 bits per heavy atom. The van der Waals surface area contributed by atoms with Gasteiger partial charge in [-0.25, -0.2) is 0 Å². The van der Waals surface area contributed by atoms with Crippen LogP contribution in [0.4, 0.5) is 0 Å². The predicted molar refractivity (Wildman–Crippen MR) is 49.0 cm³/mol. The van der Waals surface area contributed by atoms with Crippen molar-refractivity contribution in [1.29, 1.82) is 0 Å². The maximum Gasteiger partial charge on any atom is 0.245 e. The summed E-state index contributed by atoms with van der Waals surface area (Å²) < 4.78 is 2.02. The van der Waals surface area contributed by atoms with E-state index in [1.54, 1.807) is 0 Å². The van der Waals surface area contributed by atoms with Crippen LogP contribution in [0.1, 0.15) is 19.5 Å². The molecule has 0 saturated carbocycles. The van der Waals surface area contributed by atoms with Crippen LogP contribution < -0.4 is 4.80 Å². The van der Waals surface area contributed by atoms with Crippen molar-refractivity contribution < 1.29 is 4.79 Å². The van der Waals surface area contributed by atoms with Crippen LogP contribution in [0.3, 0.4) is 0 Å². The van der Waals surface area contributed by atoms with Crippen molar-refractivity contribution in [3.8, 4) is 0 Å². The molecular formula is C8H12N2OS. The Labute approximate surface area is 75.4 Å². The fourth-order valence-corrected chi connectivity index (χ4v) is 2.01. The Morgan fingerprint density at radius 2 is 2.42 bits per heavy atom. The van der Waals surface area contributed by atoms with Gasteiger partial charge in [-0.1, -0.05) is 0 Å². The molecule has 0 bridgehead atoms. The topological polar surface area (TPSA) is 34.4 Å². The number of hydrogen-bond acceptors (Lipinski definition) is 2. The van der Waals surface area contributed by atoms with Gasteiger partial charge in [-0.05, 0) is 13.8 Å². The molecule has 0 atom stereocenters. The van der Waals surface area contributed by atoms with Gasteiger partial charge in [0.1, 0.15) is 0 Å². The molecule has 0 N–H and O–H groups in total. The molecule has 4 heteroatoms. The number of amides is 1. The number of carbonyl (C=O) groups excluding carboxylic acids is 1. The summed E-state index contributed by atoms with van der Waals surface area (Å²) in [6.07, 6.45) is 0. The Morgan fingerprint density at radius 1 is 1.75 bits per heavy atom. The third-order valence-electron chi connectivity index (χ3n) is 1.56. The molecule has 1 rings (SSSR count). The summed E-state index contributed by atoms with van der Waals surface area (Å²) in [5.74, 6) is -0.140. The molecule has 0 aliphatic carbocycles. The van der Waals surface area contributed by atoms with Gasteiger partial charge in [0.2, 0.25) is 5.91 Å². The lowest BCUT2D eigenvalue weighted by molar-refractivity contribution is -0.116. The molecule has 1 heterocycles. The minimum atomic E-state index is -0.140. The van der Waals surface area contributed by atoms with Gasteiger partial charge < -0.3 is 4.57 Å². The van der Waals surface area contributed by atoms with Crippen LogP contribution in [0.5, 0.6) is 0 Å². The molecule has 0 fully saturated rings. The summed E-state index contributed by atoms with van der Waals surface area (Å²) in [5.41, 5.74) is 1.16. The van der Waals surface area contributed by atoms with Crippen LogP contribution in [-0.2, 0) is 11.3 Å². The second-order valence-electron chi connectivity index (χ2n) is 2.53. The van der Waals surface area contributed by atoms with Gasteiger partial charge in [0.15, 0.2) is 4.80 Å². The highest BCUT2D eigenvalue weighted by Gasteiger charge is 1.98. The number of aromatic nitrogens is 1. The van der Waals surface area contributed by atoms with Crippen molar-refractivity contribution in [3.63, 3.8) is 0 Å². The van der Waals surface area contributed by atoms with Crippen molar-refractivity contribution in [2.75, 3.05) is 0 Å². The zero-order valence-electron chi connectivity index (χ0n) is 7.50. The number of rotatable bonds is 1. The molecule has 0 spiro atoms. The third-order valence-corrected chi connectivity index (χ3v) is 2.54. The second-order valence-corrected chi connectivity index (χ2v) is 3.37. The number of hydrogen-bond donors (Lipinski definition) is 0. The molecule has 0 saturated heterocycles. The van der Waals surface area contributed by atoms with Gasteiger partial charge in [0.05, 0.1) is 0 Å². The first-order chi connectivity index (χ1) is 5.65. The SMILES string of the molecule is CCn1c(C)csc1=NC(C)=O. The smallest absolute Gasteiger partial charge is 0.245 e. The van der Waals surface area contributed by atoms with Gasteiger partial charge in [-0.3, -0.25) is 4.79 Å². The molecule has 1 amide bonds. The van der Waals surface area contributed by atoms with E-state index in [0.29, 0.717) is 0 Å². The minimum absolute atomic E-state index is 0.140. The summed E-state index contributed by atoms with van der Waals surface area (Å²) >= 11 is 1.50. The van der Waals surface area contributed by atoms with Crippen LogP contribution in [0.25, 0.3) is 0 Å². The molecule has 66 valence electrons. The highest BCUT2D eigenvalue weighted by molar-refractivity contribution is 7.07. The van der Waals surface area contributed by atoms with Gasteiger partial charge >= 0.3 is 0 Å². The predicted octanol–water partition coefficient (Wildman–Crippen LogP) is 1.33. The number of thiazole rings is 1. The standard InChI is InChI=1S/C8H12N2OS/c1-4-10-6(2)5-12-8(10)9-7(3)11/h5H,4H2,1-3H3. The summed E-state index contributed by atoms with van der Waals surface area (Å²) in [7, 11) is 0. The zero-order valence-corrected chi connectivity index (χ0v) is 8.31. The van der Waals surface area contributed by atoms with Crippen LogP contribution in [-0.4, -0.2) is 10.5 Å². The first-order valence-electron chi connectivity index (χ1n) is 3.85. The van der Waals surface area contributed by atoms with E-state index in [1.807, 2.05) is 23.8 Å². The molecule has 1 aromatic rings. The molecule has 0 aromatic carbocycles. The van der Waals surface area contributed by atoms with E-state index in [2.05, 4.69) is 4.99 Å². The molecule has 12 heavy (non-hydrogen) atoms. The average Bonchev–Trinajstić information content (AvgIpc) is 2.30. The molecule has 0 unspecified atom stereocenters. The van der Waals surface area contributed by atoms with Crippen molar-refractivity contribution in [2.45, 2.75) is 27.3 Å². The molecule has 0 radical (unpaired) electrons. The Kier molecular flexibility index (Phi) is 2.81. The largest absolute Gasteiger partial charge is 0.321 e. The second kappa shape index (κ2) is 3.67. The highest BCUT2D eigenvalue weighted by atomic mass is 32.1. The summed E-state index contributed by atoms with van der Waals surface area (Å²) in [6, 6.07) is 0. The third kappa shape index (κ3) is 1.82. The summed E-state index contributed by atoms with van der Waals surface area (Å²) in [5, 5.41) is 2.01. The molecule has 0 aliphatic rings. The molecular weight excluding hydrogens is 172 g/mol. The van der Waals surface area contributed by atoms with E-state index in [1.165, 1.54) is 18.3 Å². The minimum Gasteiger partial charge on any atom is -0.321 e. The normalized spacial score (nSPS) is 12.1. The lowest BCUT2D eigenvalue weighted by atomic mass is 10.5. The Balaban J connectivity index is 3.24. The van der Waals surface area contributed by atoms with E-state index in [-0.39, 0.29) is 5.91 Å². The maximum atomic E-state index is 10.7. The molecule has 3 nitrogen and oxygen atoms in total. The van der Waals surface area contributed by atoms with E-state index in [0.717, 1.165) is 17.0 Å². The van der Waals surface area contributed by atoms with E-state index >= 15 is 0 Å². The molecule has 0 aliphatic heterocycles. The Bertz CT molecular complexity index is 348. The average molecular weight is 184 g/mol. The van der Waals surface area contributed by atoms with E-state index in [4.69, 9.17) is 0 Å². The van der Waals surface area contributed by atoms with Crippen molar-refractivity contribution >= 4 is 17.2 Å². The number of aryl methyl sites for hydroxylation is 1. The fourth-order valence-electron chi connectivity index (χ4n) is 1.02. The molecule has 1 aromatic heterocycles. The first kappa shape index (κ1) is 9.19. The highest BCUT2D eigenvalue weighted by Crippen LogP contribution is 1.98. The number of nitrogens with zero attached hydrogens (tertiary/aromatic N) is 2. The van der Waals surface area contributed by atoms with Gasteiger partial charge in [0, 0.05) is 24.5 Å². The summed E-state index contributed by atoms with van der Waals surface area (Å²) in [4.78, 5) is 15.4. The quantitative estimate of drug-likeness (QED) is 0.648. The van der Waals surface area contributed by atoms with Gasteiger partial charge in [0.25, 0.3) is 0 Å². The fraction of sp³-hybridized carbons (Fsp3) is 0.500. The lowest BCUT2D eigenvalue weighted by Crippen LogP contribution is -2.16. The van der Waals surface area contributed by atoms with Gasteiger partial charge in [-0.15, -0.1) is 11.3 Å². The van der Waals surface area contributed by atoms with Crippen LogP contribution in [0, 0.1) is 6.92 Å². The monoisotopic (exact) mass is 184 g/mol. The van der Waals surface area contributed by atoms with Crippen LogP contribution in [0.2, 0.25) is 0 Å². The lowest BCUT2D eigenvalue weighted by Gasteiger charge is -1.98. The zero-order chi connectivity index (χ0) is 9.14. The van der Waals surface area contributed by atoms with Crippen molar-refractivity contribution in [2.24, 2.45) is 4.99 Å². The van der Waals surface area contributed by atoms with Crippen molar-refractivity contribution in [1.82, 2.24) is 4.57 Å². The van der Waals surface area contributed by atoms with E-state index in [9.17, 15) is 4.79 Å². The Hall–Kier alpha value is -0.900. The van der Waals surface area contributed by atoms with E-state index < -0.39 is 0 Å². The van der Waals surface area contributed by atoms with Crippen LogP contribution >= 0.6 is 11.3 Å². The van der Waals surface area contributed by atoms with Crippen LogP contribution in [0.15, 0.2) is 10.4 Å².